The van der Waals surface area contributed by atoms with Crippen LogP contribution in [0, 0.1) is 18.3 Å². The summed E-state index contributed by atoms with van der Waals surface area (Å²) in [5, 5.41) is 20.3. The van der Waals surface area contributed by atoms with Crippen molar-refractivity contribution in [3.8, 4) is 17.6 Å². The van der Waals surface area contributed by atoms with Crippen molar-refractivity contribution in [2.75, 3.05) is 5.32 Å². The molecule has 0 saturated heterocycles. The van der Waals surface area contributed by atoms with Gasteiger partial charge in [0.1, 0.15) is 29.4 Å². The van der Waals surface area contributed by atoms with E-state index < -0.39 is 6.17 Å². The average Bonchev–Trinajstić information content (AvgIpc) is 3.34. The van der Waals surface area contributed by atoms with Crippen molar-refractivity contribution >= 4 is 17.1 Å². The van der Waals surface area contributed by atoms with E-state index in [0.717, 1.165) is 22.5 Å². The van der Waals surface area contributed by atoms with Crippen LogP contribution in [0.5, 0.6) is 11.5 Å². The van der Waals surface area contributed by atoms with Gasteiger partial charge in [-0.1, -0.05) is 18.2 Å². The van der Waals surface area contributed by atoms with E-state index in [4.69, 9.17) is 4.74 Å². The van der Waals surface area contributed by atoms with E-state index >= 15 is 0 Å². The van der Waals surface area contributed by atoms with Crippen molar-refractivity contribution in [2.45, 2.75) is 13.1 Å². The SMILES string of the molecule is Cc1ccnc(C#N)c1C(NC(=O)c1cc2cccnn2c1)Nc1ccc(Oc2ccccc2)cc1. The summed E-state index contributed by atoms with van der Waals surface area (Å²) in [5.74, 6) is 1.10. The van der Waals surface area contributed by atoms with Gasteiger partial charge in [0, 0.05) is 29.8 Å². The number of pyridine rings is 1. The highest BCUT2D eigenvalue weighted by Gasteiger charge is 2.22. The summed E-state index contributed by atoms with van der Waals surface area (Å²) in [4.78, 5) is 17.5. The Morgan fingerprint density at radius 2 is 1.78 bits per heavy atom. The van der Waals surface area contributed by atoms with Gasteiger partial charge >= 0.3 is 0 Å². The fraction of sp³-hybridized carbons (Fsp3) is 0.0714. The summed E-state index contributed by atoms with van der Waals surface area (Å²) in [6, 6.07) is 26.3. The number of nitrogens with one attached hydrogen (secondary N) is 2. The lowest BCUT2D eigenvalue weighted by Gasteiger charge is -2.24. The van der Waals surface area contributed by atoms with Gasteiger partial charge < -0.3 is 15.4 Å². The number of rotatable bonds is 7. The van der Waals surface area contributed by atoms with E-state index in [0.29, 0.717) is 16.9 Å². The molecule has 36 heavy (non-hydrogen) atoms. The van der Waals surface area contributed by atoms with Crippen LogP contribution in [0.2, 0.25) is 0 Å². The van der Waals surface area contributed by atoms with Crippen LogP contribution in [0.1, 0.15) is 33.3 Å². The van der Waals surface area contributed by atoms with Crippen LogP contribution in [-0.2, 0) is 0 Å². The monoisotopic (exact) mass is 474 g/mol. The van der Waals surface area contributed by atoms with Crippen molar-refractivity contribution in [2.24, 2.45) is 0 Å². The van der Waals surface area contributed by atoms with E-state index in [-0.39, 0.29) is 11.6 Å². The Balaban J connectivity index is 1.42. The lowest BCUT2D eigenvalue weighted by Crippen LogP contribution is -2.34. The first-order valence-electron chi connectivity index (χ1n) is 11.3. The van der Waals surface area contributed by atoms with Gasteiger partial charge in [-0.25, -0.2) is 9.50 Å². The van der Waals surface area contributed by atoms with Gasteiger partial charge in [-0.3, -0.25) is 4.79 Å². The van der Waals surface area contributed by atoms with Gasteiger partial charge in [0.05, 0.1) is 11.1 Å². The molecule has 0 bridgehead atoms. The topological polar surface area (TPSA) is 104 Å². The summed E-state index contributed by atoms with van der Waals surface area (Å²) < 4.78 is 7.51. The molecule has 0 saturated carbocycles. The number of aryl methyl sites for hydroxylation is 1. The van der Waals surface area contributed by atoms with E-state index in [1.165, 1.54) is 0 Å². The molecule has 0 aliphatic rings. The fourth-order valence-corrected chi connectivity index (χ4v) is 3.90. The van der Waals surface area contributed by atoms with Gasteiger partial charge in [-0.2, -0.15) is 10.4 Å². The van der Waals surface area contributed by atoms with Crippen molar-refractivity contribution in [3.05, 3.63) is 120 Å². The minimum Gasteiger partial charge on any atom is -0.457 e. The van der Waals surface area contributed by atoms with Crippen LogP contribution in [0.4, 0.5) is 5.69 Å². The number of nitrogens with zero attached hydrogens (tertiary/aromatic N) is 4. The summed E-state index contributed by atoms with van der Waals surface area (Å²) in [7, 11) is 0. The summed E-state index contributed by atoms with van der Waals surface area (Å²) in [6.07, 6.45) is 4.19. The first kappa shape index (κ1) is 22.6. The summed E-state index contributed by atoms with van der Waals surface area (Å²) in [6.45, 7) is 1.88. The highest BCUT2D eigenvalue weighted by molar-refractivity contribution is 5.96. The lowest BCUT2D eigenvalue weighted by atomic mass is 10.0. The van der Waals surface area contributed by atoms with E-state index in [1.807, 2.05) is 79.7 Å². The van der Waals surface area contributed by atoms with Gasteiger partial charge in [0.15, 0.2) is 0 Å². The molecule has 8 nitrogen and oxygen atoms in total. The molecule has 2 N–H and O–H groups in total. The average molecular weight is 475 g/mol. The normalized spacial score (nSPS) is 11.4. The largest absolute Gasteiger partial charge is 0.457 e. The Morgan fingerprint density at radius 1 is 1.00 bits per heavy atom. The summed E-state index contributed by atoms with van der Waals surface area (Å²) in [5.41, 5.74) is 3.65. The first-order chi connectivity index (χ1) is 17.6. The molecule has 176 valence electrons. The second kappa shape index (κ2) is 9.99. The van der Waals surface area contributed by atoms with Crippen molar-refractivity contribution in [1.29, 1.82) is 5.26 Å². The molecule has 2 aromatic carbocycles. The maximum Gasteiger partial charge on any atom is 0.254 e. The maximum atomic E-state index is 13.2. The molecule has 3 heterocycles. The standard InChI is InChI=1S/C28H22N6O2/c1-19-13-15-30-25(17-29)26(19)27(33-28(35)20-16-22-6-5-14-31-34(22)18-20)32-21-9-11-24(12-10-21)36-23-7-3-2-4-8-23/h2-16,18,27,32H,1H3,(H,33,35). The third-order valence-electron chi connectivity index (χ3n) is 5.66. The van der Waals surface area contributed by atoms with Crippen molar-refractivity contribution < 1.29 is 9.53 Å². The molecule has 0 aliphatic carbocycles. The molecule has 0 radical (unpaired) electrons. The smallest absolute Gasteiger partial charge is 0.254 e. The number of hydrogen-bond acceptors (Lipinski definition) is 6. The van der Waals surface area contributed by atoms with Crippen LogP contribution < -0.4 is 15.4 Å². The number of hydrogen-bond donors (Lipinski definition) is 2. The number of para-hydroxylation sites is 1. The number of aromatic nitrogens is 3. The van der Waals surface area contributed by atoms with Crippen LogP contribution >= 0.6 is 0 Å². The van der Waals surface area contributed by atoms with Crippen LogP contribution in [0.25, 0.3) is 5.52 Å². The number of anilines is 1. The zero-order valence-corrected chi connectivity index (χ0v) is 19.4. The zero-order valence-electron chi connectivity index (χ0n) is 19.4. The predicted octanol–water partition coefficient (Wildman–Crippen LogP) is 5.24. The molecule has 5 rings (SSSR count). The lowest BCUT2D eigenvalue weighted by molar-refractivity contribution is 0.0941. The zero-order chi connectivity index (χ0) is 24.9. The summed E-state index contributed by atoms with van der Waals surface area (Å²) >= 11 is 0. The third kappa shape index (κ3) is 4.86. The number of benzene rings is 2. The molecule has 1 unspecified atom stereocenters. The number of amides is 1. The highest BCUT2D eigenvalue weighted by Crippen LogP contribution is 2.27. The molecule has 0 spiro atoms. The Bertz CT molecular complexity index is 1520. The van der Waals surface area contributed by atoms with Crippen LogP contribution in [0.3, 0.4) is 0 Å². The Hall–Kier alpha value is -5.16. The number of fused-ring (bicyclic) bond motifs is 1. The minimum atomic E-state index is -0.710. The Kier molecular flexibility index (Phi) is 6.28. The second-order valence-corrected chi connectivity index (χ2v) is 8.11. The van der Waals surface area contributed by atoms with Gasteiger partial charge in [0.2, 0.25) is 0 Å². The predicted molar refractivity (Wildman–Crippen MR) is 136 cm³/mol. The van der Waals surface area contributed by atoms with Crippen LogP contribution in [-0.4, -0.2) is 20.5 Å². The molecular weight excluding hydrogens is 452 g/mol. The van der Waals surface area contributed by atoms with Gasteiger partial charge in [0.25, 0.3) is 5.91 Å². The molecule has 0 aliphatic heterocycles. The van der Waals surface area contributed by atoms with Crippen molar-refractivity contribution in [1.82, 2.24) is 19.9 Å². The van der Waals surface area contributed by atoms with E-state index in [9.17, 15) is 10.1 Å². The van der Waals surface area contributed by atoms with Crippen molar-refractivity contribution in [3.63, 3.8) is 0 Å². The fourth-order valence-electron chi connectivity index (χ4n) is 3.90. The molecule has 3 aromatic heterocycles. The molecule has 1 atom stereocenters. The molecular formula is C28H22N6O2. The molecule has 8 heteroatoms. The van der Waals surface area contributed by atoms with E-state index in [1.54, 1.807) is 29.2 Å². The molecule has 0 fully saturated rings. The molecule has 5 aromatic rings. The highest BCUT2D eigenvalue weighted by atomic mass is 16.5. The number of carbonyl (C=O) groups is 1. The first-order valence-corrected chi connectivity index (χ1v) is 11.3. The maximum absolute atomic E-state index is 13.2. The molecule has 1 amide bonds. The van der Waals surface area contributed by atoms with E-state index in [2.05, 4.69) is 26.8 Å². The number of nitriles is 1. The second-order valence-electron chi connectivity index (χ2n) is 8.11. The quantitative estimate of drug-likeness (QED) is 0.313. The Morgan fingerprint density at radius 3 is 2.53 bits per heavy atom. The Labute approximate surface area is 207 Å². The minimum absolute atomic E-state index is 0.237. The number of carbonyl (C=O) groups excluding carboxylic acids is 1. The van der Waals surface area contributed by atoms with Crippen LogP contribution in [0.15, 0.2) is 97.5 Å². The number of ether oxygens (including phenoxy) is 1. The van der Waals surface area contributed by atoms with Gasteiger partial charge in [-0.05, 0) is 73.2 Å². The third-order valence-corrected chi connectivity index (χ3v) is 5.66. The van der Waals surface area contributed by atoms with Gasteiger partial charge in [-0.15, -0.1) is 0 Å².